The van der Waals surface area contributed by atoms with Crippen molar-refractivity contribution in [1.29, 1.82) is 0 Å². The standard InChI is InChI=1S/C16H27N3.HI/c1-3-4-5-6-11-18-16(17)19-12-10-15-9-7-8-14(2)13-15;/h7-9,13H,3-6,10-12H2,1-2H3,(H3,17,18,19);1H. The Morgan fingerprint density at radius 2 is 2.05 bits per heavy atom. The van der Waals surface area contributed by atoms with E-state index in [-0.39, 0.29) is 24.0 Å². The van der Waals surface area contributed by atoms with Gasteiger partial charge >= 0.3 is 0 Å². The van der Waals surface area contributed by atoms with E-state index in [0.29, 0.717) is 5.96 Å². The van der Waals surface area contributed by atoms with Gasteiger partial charge in [0.25, 0.3) is 0 Å². The lowest BCUT2D eigenvalue weighted by Gasteiger charge is -2.06. The van der Waals surface area contributed by atoms with Crippen LogP contribution in [-0.4, -0.2) is 19.0 Å². The summed E-state index contributed by atoms with van der Waals surface area (Å²) in [4.78, 5) is 4.33. The third-order valence-electron chi connectivity index (χ3n) is 3.10. The molecule has 1 aromatic rings. The fourth-order valence-electron chi connectivity index (χ4n) is 2.00. The van der Waals surface area contributed by atoms with Crippen LogP contribution in [0, 0.1) is 6.92 Å². The van der Waals surface area contributed by atoms with Crippen LogP contribution in [0.1, 0.15) is 43.7 Å². The maximum absolute atomic E-state index is 5.82. The van der Waals surface area contributed by atoms with Crippen molar-refractivity contribution < 1.29 is 0 Å². The summed E-state index contributed by atoms with van der Waals surface area (Å²) < 4.78 is 0. The zero-order valence-corrected chi connectivity index (χ0v) is 15.0. The highest BCUT2D eigenvalue weighted by molar-refractivity contribution is 14.0. The van der Waals surface area contributed by atoms with Crippen LogP contribution in [0.15, 0.2) is 29.3 Å². The summed E-state index contributed by atoms with van der Waals surface area (Å²) in [5.41, 5.74) is 8.46. The molecule has 114 valence electrons. The molecule has 0 bridgehead atoms. The first-order chi connectivity index (χ1) is 9.22. The summed E-state index contributed by atoms with van der Waals surface area (Å²) >= 11 is 0. The van der Waals surface area contributed by atoms with E-state index < -0.39 is 0 Å². The molecule has 0 atom stereocenters. The number of benzene rings is 1. The number of hydrogen-bond acceptors (Lipinski definition) is 1. The Balaban J connectivity index is 0.00000361. The maximum atomic E-state index is 5.82. The van der Waals surface area contributed by atoms with Gasteiger partial charge in [0.1, 0.15) is 0 Å². The van der Waals surface area contributed by atoms with Gasteiger partial charge in [-0.2, -0.15) is 0 Å². The number of aliphatic imine (C=N–C) groups is 1. The fourth-order valence-corrected chi connectivity index (χ4v) is 2.00. The third kappa shape index (κ3) is 9.18. The summed E-state index contributed by atoms with van der Waals surface area (Å²) in [7, 11) is 0. The molecule has 3 nitrogen and oxygen atoms in total. The van der Waals surface area contributed by atoms with E-state index in [1.165, 1.54) is 30.4 Å². The Labute approximate surface area is 140 Å². The number of aryl methyl sites for hydroxylation is 1. The van der Waals surface area contributed by atoms with E-state index in [2.05, 4.69) is 48.4 Å². The van der Waals surface area contributed by atoms with Crippen molar-refractivity contribution in [3.8, 4) is 0 Å². The first kappa shape index (κ1) is 19.2. The fraction of sp³-hybridized carbons (Fsp3) is 0.562. The van der Waals surface area contributed by atoms with E-state index in [0.717, 1.165) is 25.9 Å². The van der Waals surface area contributed by atoms with Crippen molar-refractivity contribution >= 4 is 29.9 Å². The number of nitrogens with two attached hydrogens (primary N) is 1. The van der Waals surface area contributed by atoms with Crippen LogP contribution in [-0.2, 0) is 6.42 Å². The number of unbranched alkanes of at least 4 members (excludes halogenated alkanes) is 3. The Bertz CT molecular complexity index is 391. The molecular weight excluding hydrogens is 361 g/mol. The molecule has 0 saturated carbocycles. The summed E-state index contributed by atoms with van der Waals surface area (Å²) in [5, 5.41) is 3.17. The average Bonchev–Trinajstić information content (AvgIpc) is 2.38. The van der Waals surface area contributed by atoms with Gasteiger partial charge in [-0.3, -0.25) is 4.99 Å². The predicted octanol–water partition coefficient (Wildman–Crippen LogP) is 3.64. The molecule has 0 unspecified atom stereocenters. The molecular formula is C16H28IN3. The van der Waals surface area contributed by atoms with Crippen LogP contribution in [0.4, 0.5) is 0 Å². The van der Waals surface area contributed by atoms with Crippen LogP contribution >= 0.6 is 24.0 Å². The van der Waals surface area contributed by atoms with Gasteiger partial charge in [0.05, 0.1) is 0 Å². The molecule has 0 amide bonds. The third-order valence-corrected chi connectivity index (χ3v) is 3.10. The van der Waals surface area contributed by atoms with Crippen molar-refractivity contribution in [1.82, 2.24) is 5.32 Å². The number of guanidine groups is 1. The normalized spacial score (nSPS) is 11.0. The molecule has 0 aromatic heterocycles. The minimum absolute atomic E-state index is 0. The quantitative estimate of drug-likeness (QED) is 0.309. The monoisotopic (exact) mass is 389 g/mol. The van der Waals surface area contributed by atoms with Crippen molar-refractivity contribution in [2.24, 2.45) is 10.7 Å². The second-order valence-corrected chi connectivity index (χ2v) is 4.99. The molecule has 1 aromatic carbocycles. The van der Waals surface area contributed by atoms with Gasteiger partial charge in [0, 0.05) is 13.1 Å². The maximum Gasteiger partial charge on any atom is 0.188 e. The zero-order chi connectivity index (χ0) is 13.9. The average molecular weight is 389 g/mol. The number of hydrogen-bond donors (Lipinski definition) is 2. The number of rotatable bonds is 8. The first-order valence-corrected chi connectivity index (χ1v) is 7.31. The largest absolute Gasteiger partial charge is 0.370 e. The number of nitrogens with zero attached hydrogens (tertiary/aromatic N) is 1. The molecule has 4 heteroatoms. The molecule has 20 heavy (non-hydrogen) atoms. The summed E-state index contributed by atoms with van der Waals surface area (Å²) in [6, 6.07) is 8.56. The van der Waals surface area contributed by atoms with Crippen LogP contribution in [0.5, 0.6) is 0 Å². The summed E-state index contributed by atoms with van der Waals surface area (Å²) in [6.45, 7) is 6.00. The minimum Gasteiger partial charge on any atom is -0.370 e. The lowest BCUT2D eigenvalue weighted by molar-refractivity contribution is 0.673. The molecule has 0 fully saturated rings. The molecule has 0 spiro atoms. The highest BCUT2D eigenvalue weighted by Gasteiger charge is 1.95. The van der Waals surface area contributed by atoms with Crippen molar-refractivity contribution in [2.45, 2.75) is 46.0 Å². The van der Waals surface area contributed by atoms with E-state index >= 15 is 0 Å². The van der Waals surface area contributed by atoms with Gasteiger partial charge in [-0.1, -0.05) is 56.0 Å². The lowest BCUT2D eigenvalue weighted by Crippen LogP contribution is -2.33. The molecule has 0 radical (unpaired) electrons. The molecule has 3 N–H and O–H groups in total. The van der Waals surface area contributed by atoms with E-state index in [9.17, 15) is 0 Å². The molecule has 1 rings (SSSR count). The summed E-state index contributed by atoms with van der Waals surface area (Å²) in [6.07, 6.45) is 5.91. The Hall–Kier alpha value is -0.780. The highest BCUT2D eigenvalue weighted by atomic mass is 127. The van der Waals surface area contributed by atoms with Crippen LogP contribution in [0.3, 0.4) is 0 Å². The summed E-state index contributed by atoms with van der Waals surface area (Å²) in [5.74, 6) is 0.573. The van der Waals surface area contributed by atoms with Crippen LogP contribution in [0.25, 0.3) is 0 Å². The van der Waals surface area contributed by atoms with Gasteiger partial charge in [0.15, 0.2) is 5.96 Å². The Kier molecular flexibility index (Phi) is 11.5. The van der Waals surface area contributed by atoms with Gasteiger partial charge in [-0.15, -0.1) is 24.0 Å². The first-order valence-electron chi connectivity index (χ1n) is 7.31. The van der Waals surface area contributed by atoms with Gasteiger partial charge in [-0.25, -0.2) is 0 Å². The van der Waals surface area contributed by atoms with Crippen LogP contribution < -0.4 is 11.1 Å². The highest BCUT2D eigenvalue weighted by Crippen LogP contribution is 2.03. The molecule has 0 heterocycles. The molecule has 0 aliphatic rings. The van der Waals surface area contributed by atoms with Gasteiger partial charge in [-0.05, 0) is 25.3 Å². The number of halogens is 1. The van der Waals surface area contributed by atoms with Crippen molar-refractivity contribution in [2.75, 3.05) is 13.1 Å². The van der Waals surface area contributed by atoms with E-state index in [1.807, 2.05) is 0 Å². The SMILES string of the molecule is CCCCCCN=C(N)NCCc1cccc(C)c1.I. The van der Waals surface area contributed by atoms with E-state index in [1.54, 1.807) is 0 Å². The van der Waals surface area contributed by atoms with Gasteiger partial charge < -0.3 is 11.1 Å². The Morgan fingerprint density at radius 1 is 1.25 bits per heavy atom. The Morgan fingerprint density at radius 3 is 2.75 bits per heavy atom. The molecule has 0 aliphatic carbocycles. The topological polar surface area (TPSA) is 50.4 Å². The lowest BCUT2D eigenvalue weighted by atomic mass is 10.1. The second-order valence-electron chi connectivity index (χ2n) is 4.99. The number of nitrogens with one attached hydrogen (secondary N) is 1. The van der Waals surface area contributed by atoms with Crippen molar-refractivity contribution in [3.05, 3.63) is 35.4 Å². The second kappa shape index (κ2) is 12.0. The van der Waals surface area contributed by atoms with E-state index in [4.69, 9.17) is 5.73 Å². The van der Waals surface area contributed by atoms with Crippen LogP contribution in [0.2, 0.25) is 0 Å². The molecule has 0 aliphatic heterocycles. The zero-order valence-electron chi connectivity index (χ0n) is 12.7. The molecule has 0 saturated heterocycles. The van der Waals surface area contributed by atoms with Gasteiger partial charge in [0.2, 0.25) is 0 Å². The predicted molar refractivity (Wildman–Crippen MR) is 98.9 cm³/mol. The smallest absolute Gasteiger partial charge is 0.188 e. The minimum atomic E-state index is 0. The van der Waals surface area contributed by atoms with Crippen molar-refractivity contribution in [3.63, 3.8) is 0 Å².